The Kier molecular flexibility index (Phi) is 8.05. The van der Waals surface area contributed by atoms with Crippen molar-refractivity contribution < 1.29 is 19.1 Å². The van der Waals surface area contributed by atoms with Crippen LogP contribution in [0.15, 0.2) is 10.2 Å². The van der Waals surface area contributed by atoms with Gasteiger partial charge in [-0.2, -0.15) is 10.2 Å². The molecule has 0 aliphatic carbocycles. The quantitative estimate of drug-likeness (QED) is 0.390. The molecule has 0 bridgehead atoms. The van der Waals surface area contributed by atoms with Crippen LogP contribution in [-0.4, -0.2) is 48.0 Å². The second kappa shape index (κ2) is 8.42. The second-order valence-corrected chi connectivity index (χ2v) is 5.72. The van der Waals surface area contributed by atoms with E-state index in [1.165, 1.54) is 27.7 Å². The molecule has 0 aliphatic rings. The van der Waals surface area contributed by atoms with E-state index in [4.69, 9.17) is 32.7 Å². The highest BCUT2D eigenvalue weighted by molar-refractivity contribution is 6.18. The van der Waals surface area contributed by atoms with E-state index in [1.807, 2.05) is 0 Å². The van der Waals surface area contributed by atoms with Crippen LogP contribution < -0.4 is 0 Å². The van der Waals surface area contributed by atoms with Gasteiger partial charge in [-0.3, -0.25) is 0 Å². The number of ether oxygens (including phenoxy) is 2. The number of carbonyl (C=O) groups excluding carboxylic acids is 2. The first-order chi connectivity index (χ1) is 9.17. The molecule has 0 aromatic carbocycles. The Morgan fingerprint density at radius 2 is 1.15 bits per heavy atom. The Hall–Kier alpha value is -0.880. The predicted molar refractivity (Wildman–Crippen MR) is 76.4 cm³/mol. The third-order valence-corrected chi connectivity index (χ3v) is 2.48. The average molecular weight is 327 g/mol. The summed E-state index contributed by atoms with van der Waals surface area (Å²) < 4.78 is 9.78. The van der Waals surface area contributed by atoms with E-state index in [-0.39, 0.29) is 25.0 Å². The minimum absolute atomic E-state index is 0.0977. The Labute approximate surface area is 128 Å². The van der Waals surface area contributed by atoms with Gasteiger partial charge in [0.05, 0.1) is 11.8 Å². The van der Waals surface area contributed by atoms with Gasteiger partial charge in [0.2, 0.25) is 0 Å². The van der Waals surface area contributed by atoms with Crippen LogP contribution in [0.2, 0.25) is 0 Å². The molecule has 0 atom stereocenters. The summed E-state index contributed by atoms with van der Waals surface area (Å²) in [5, 5.41) is 7.77. The van der Waals surface area contributed by atoms with E-state index in [0.29, 0.717) is 0 Å². The van der Waals surface area contributed by atoms with Gasteiger partial charge in [0, 0.05) is 0 Å². The van der Waals surface area contributed by atoms with Crippen molar-refractivity contribution in [2.45, 2.75) is 38.8 Å². The summed E-state index contributed by atoms with van der Waals surface area (Å²) in [4.78, 5) is 23.4. The van der Waals surface area contributed by atoms with Crippen LogP contribution in [0.1, 0.15) is 27.7 Å². The van der Waals surface area contributed by atoms with Crippen molar-refractivity contribution in [2.75, 3.05) is 25.0 Å². The zero-order chi connectivity index (χ0) is 15.8. The fourth-order valence-electron chi connectivity index (χ4n) is 0.947. The molecule has 0 amide bonds. The Morgan fingerprint density at radius 3 is 1.40 bits per heavy atom. The van der Waals surface area contributed by atoms with E-state index < -0.39 is 23.0 Å². The summed E-state index contributed by atoms with van der Waals surface area (Å²) >= 11 is 10.9. The lowest BCUT2D eigenvalue weighted by atomic mass is 10.1. The predicted octanol–water partition coefficient (Wildman–Crippen LogP) is 2.56. The van der Waals surface area contributed by atoms with Crippen molar-refractivity contribution in [3.8, 4) is 0 Å². The Bertz CT molecular complexity index is 336. The standard InChI is InChI=1S/C12H20Cl2N2O4/c1-11(2,9(17)19-7-5-13)15-16-12(3,4)10(18)20-8-6-14/h5-8H2,1-4H3. The van der Waals surface area contributed by atoms with Crippen molar-refractivity contribution in [2.24, 2.45) is 10.2 Å². The van der Waals surface area contributed by atoms with E-state index in [1.54, 1.807) is 0 Å². The van der Waals surface area contributed by atoms with Gasteiger partial charge < -0.3 is 9.47 Å². The fraction of sp³-hybridized carbons (Fsp3) is 0.833. The summed E-state index contributed by atoms with van der Waals surface area (Å²) in [6, 6.07) is 0. The first-order valence-electron chi connectivity index (χ1n) is 6.08. The number of halogens is 2. The molecule has 8 heteroatoms. The van der Waals surface area contributed by atoms with E-state index in [2.05, 4.69) is 10.2 Å². The summed E-state index contributed by atoms with van der Waals surface area (Å²) in [7, 11) is 0. The Balaban J connectivity index is 4.72. The number of nitrogens with zero attached hydrogens (tertiary/aromatic N) is 2. The van der Waals surface area contributed by atoms with Crippen LogP contribution in [-0.2, 0) is 19.1 Å². The third kappa shape index (κ3) is 6.52. The third-order valence-electron chi connectivity index (χ3n) is 2.17. The first kappa shape index (κ1) is 19.1. The van der Waals surface area contributed by atoms with E-state index in [9.17, 15) is 9.59 Å². The topological polar surface area (TPSA) is 77.3 Å². The minimum atomic E-state index is -1.20. The SMILES string of the molecule is CC(C)(N=NC(C)(C)C(=O)OCCCl)C(=O)OCCCl. The number of azo groups is 1. The smallest absolute Gasteiger partial charge is 0.335 e. The molecule has 20 heavy (non-hydrogen) atoms. The molecule has 0 saturated heterocycles. The second-order valence-electron chi connectivity index (χ2n) is 4.97. The normalized spacial score (nSPS) is 12.5. The van der Waals surface area contributed by atoms with Crippen molar-refractivity contribution in [1.82, 2.24) is 0 Å². The monoisotopic (exact) mass is 326 g/mol. The lowest BCUT2D eigenvalue weighted by molar-refractivity contribution is -0.150. The fourth-order valence-corrected chi connectivity index (χ4v) is 1.10. The maximum absolute atomic E-state index is 11.7. The van der Waals surface area contributed by atoms with Gasteiger partial charge in [0.1, 0.15) is 13.2 Å². The van der Waals surface area contributed by atoms with Crippen molar-refractivity contribution >= 4 is 35.1 Å². The molecule has 6 nitrogen and oxygen atoms in total. The molecule has 0 unspecified atom stereocenters. The van der Waals surface area contributed by atoms with Crippen molar-refractivity contribution in [3.63, 3.8) is 0 Å². The minimum Gasteiger partial charge on any atom is -0.463 e. The maximum atomic E-state index is 11.7. The van der Waals surface area contributed by atoms with Crippen LogP contribution in [0.3, 0.4) is 0 Å². The number of esters is 2. The molecule has 0 radical (unpaired) electrons. The molecular weight excluding hydrogens is 307 g/mol. The first-order valence-corrected chi connectivity index (χ1v) is 7.14. The van der Waals surface area contributed by atoms with Crippen LogP contribution in [0.25, 0.3) is 0 Å². The molecule has 0 heterocycles. The number of carbonyl (C=O) groups is 2. The van der Waals surface area contributed by atoms with Gasteiger partial charge in [-0.05, 0) is 27.7 Å². The van der Waals surface area contributed by atoms with E-state index in [0.717, 1.165) is 0 Å². The van der Waals surface area contributed by atoms with Gasteiger partial charge in [0.25, 0.3) is 0 Å². The molecule has 116 valence electrons. The molecule has 0 N–H and O–H groups in total. The van der Waals surface area contributed by atoms with Crippen molar-refractivity contribution in [3.05, 3.63) is 0 Å². The molecule has 0 spiro atoms. The van der Waals surface area contributed by atoms with Gasteiger partial charge in [-0.15, -0.1) is 23.2 Å². The van der Waals surface area contributed by atoms with Crippen LogP contribution >= 0.6 is 23.2 Å². The zero-order valence-electron chi connectivity index (χ0n) is 12.1. The van der Waals surface area contributed by atoms with Crippen LogP contribution in [0.4, 0.5) is 0 Å². The number of hydrogen-bond acceptors (Lipinski definition) is 6. The summed E-state index contributed by atoms with van der Waals surface area (Å²) in [5.41, 5.74) is -2.40. The summed E-state index contributed by atoms with van der Waals surface area (Å²) in [6.45, 7) is 6.34. The molecule has 0 aromatic rings. The van der Waals surface area contributed by atoms with Crippen LogP contribution in [0.5, 0.6) is 0 Å². The maximum Gasteiger partial charge on any atom is 0.335 e. The highest BCUT2D eigenvalue weighted by Gasteiger charge is 2.34. The van der Waals surface area contributed by atoms with Crippen molar-refractivity contribution in [1.29, 1.82) is 0 Å². The largest absolute Gasteiger partial charge is 0.463 e. The molecule has 0 saturated carbocycles. The summed E-state index contributed by atoms with van der Waals surface area (Å²) in [5.74, 6) is -0.719. The van der Waals surface area contributed by atoms with E-state index >= 15 is 0 Å². The molecule has 0 aromatic heterocycles. The molecule has 0 rings (SSSR count). The lowest BCUT2D eigenvalue weighted by Crippen LogP contribution is -2.35. The lowest BCUT2D eigenvalue weighted by Gasteiger charge is -2.20. The van der Waals surface area contributed by atoms with Crippen LogP contribution in [0, 0.1) is 0 Å². The van der Waals surface area contributed by atoms with Gasteiger partial charge in [-0.1, -0.05) is 0 Å². The zero-order valence-corrected chi connectivity index (χ0v) is 13.6. The molecular formula is C12H20Cl2N2O4. The Morgan fingerprint density at radius 1 is 0.850 bits per heavy atom. The number of hydrogen-bond donors (Lipinski definition) is 0. The number of alkyl halides is 2. The van der Waals surface area contributed by atoms with Gasteiger partial charge in [-0.25, -0.2) is 9.59 Å². The summed E-state index contributed by atoms with van der Waals surface area (Å²) in [6.07, 6.45) is 0. The van der Waals surface area contributed by atoms with Gasteiger partial charge >= 0.3 is 11.9 Å². The molecule has 0 fully saturated rings. The number of rotatable bonds is 8. The molecule has 0 aliphatic heterocycles. The van der Waals surface area contributed by atoms with Gasteiger partial charge in [0.15, 0.2) is 11.1 Å². The highest BCUT2D eigenvalue weighted by atomic mass is 35.5. The average Bonchev–Trinajstić information content (AvgIpc) is 2.39. The highest BCUT2D eigenvalue weighted by Crippen LogP contribution is 2.18.